The van der Waals surface area contributed by atoms with E-state index in [2.05, 4.69) is 49.5 Å². The van der Waals surface area contributed by atoms with Crippen molar-refractivity contribution in [3.63, 3.8) is 0 Å². The van der Waals surface area contributed by atoms with Crippen molar-refractivity contribution < 1.29 is 14.1 Å². The first-order valence-electron chi connectivity index (χ1n) is 9.43. The molecule has 1 aliphatic rings. The van der Waals surface area contributed by atoms with Crippen molar-refractivity contribution in [3.8, 4) is 0 Å². The number of carbonyl (C=O) groups is 2. The molecule has 1 saturated heterocycles. The Hall–Kier alpha value is -3.19. The largest absolute Gasteiger partial charge is 0.363 e. The van der Waals surface area contributed by atoms with E-state index in [1.165, 1.54) is 23.1 Å². The van der Waals surface area contributed by atoms with Crippen molar-refractivity contribution in [3.05, 3.63) is 60.4 Å². The number of likely N-dealkylation sites (tertiary alicyclic amines) is 1. The minimum absolute atomic E-state index is 0.0115. The van der Waals surface area contributed by atoms with E-state index in [1.54, 1.807) is 0 Å². The Morgan fingerprint density at radius 1 is 1.04 bits per heavy atom. The average Bonchev–Trinajstić information content (AvgIpc) is 3.42. The summed E-state index contributed by atoms with van der Waals surface area (Å²) in [4.78, 5) is 26.7. The fraction of sp³-hybridized carbons (Fsp3) is 0.286. The van der Waals surface area contributed by atoms with Gasteiger partial charge in [-0.3, -0.25) is 19.8 Å². The molecule has 144 valence electrons. The molecule has 1 atom stereocenters. The van der Waals surface area contributed by atoms with Crippen molar-refractivity contribution >= 4 is 28.4 Å². The van der Waals surface area contributed by atoms with Crippen LogP contribution < -0.4 is 10.6 Å². The van der Waals surface area contributed by atoms with Gasteiger partial charge in [-0.15, -0.1) is 0 Å². The topological polar surface area (TPSA) is 87.5 Å². The van der Waals surface area contributed by atoms with Crippen LogP contribution in [0.2, 0.25) is 0 Å². The molecule has 0 aliphatic carbocycles. The number of nitrogens with zero attached hydrogens (tertiary/aromatic N) is 2. The Labute approximate surface area is 162 Å². The molecule has 2 aromatic carbocycles. The third-order valence-corrected chi connectivity index (χ3v) is 5.11. The molecule has 28 heavy (non-hydrogen) atoms. The van der Waals surface area contributed by atoms with Crippen molar-refractivity contribution in [1.29, 1.82) is 0 Å². The number of fused-ring (bicyclic) bond motifs is 1. The molecule has 1 unspecified atom stereocenters. The molecule has 0 radical (unpaired) electrons. The minimum atomic E-state index is -0.757. The second-order valence-electron chi connectivity index (χ2n) is 6.88. The zero-order chi connectivity index (χ0) is 19.3. The maximum atomic E-state index is 12.3. The fourth-order valence-electron chi connectivity index (χ4n) is 3.75. The Bertz CT molecular complexity index is 959. The molecule has 4 rings (SSSR count). The molecule has 2 N–H and O–H groups in total. The van der Waals surface area contributed by atoms with Crippen LogP contribution in [-0.2, 0) is 9.59 Å². The molecule has 2 amide bonds. The smallest absolute Gasteiger partial charge is 0.314 e. The number of amides is 2. The Morgan fingerprint density at radius 2 is 1.82 bits per heavy atom. The van der Waals surface area contributed by atoms with Gasteiger partial charge in [0, 0.05) is 12.6 Å². The number of anilines is 1. The van der Waals surface area contributed by atoms with Gasteiger partial charge >= 0.3 is 11.8 Å². The van der Waals surface area contributed by atoms with Crippen LogP contribution in [0, 0.1) is 0 Å². The summed E-state index contributed by atoms with van der Waals surface area (Å²) in [7, 11) is 0. The van der Waals surface area contributed by atoms with Gasteiger partial charge in [-0.25, -0.2) is 0 Å². The summed E-state index contributed by atoms with van der Waals surface area (Å²) in [6.45, 7) is 2.32. The van der Waals surface area contributed by atoms with Gasteiger partial charge < -0.3 is 9.84 Å². The van der Waals surface area contributed by atoms with Gasteiger partial charge in [0.15, 0.2) is 5.82 Å². The van der Waals surface area contributed by atoms with E-state index < -0.39 is 11.8 Å². The lowest BCUT2D eigenvalue weighted by Crippen LogP contribution is -2.41. The lowest BCUT2D eigenvalue weighted by Gasteiger charge is -2.29. The Kier molecular flexibility index (Phi) is 5.34. The molecule has 1 aliphatic heterocycles. The molecule has 1 aromatic heterocycles. The first kappa shape index (κ1) is 18.2. The van der Waals surface area contributed by atoms with E-state index >= 15 is 0 Å². The highest BCUT2D eigenvalue weighted by molar-refractivity contribution is 6.39. The highest BCUT2D eigenvalue weighted by atomic mass is 16.5. The maximum absolute atomic E-state index is 12.3. The monoisotopic (exact) mass is 378 g/mol. The highest BCUT2D eigenvalue weighted by Crippen LogP contribution is 2.30. The normalized spacial score (nSPS) is 15.4. The van der Waals surface area contributed by atoms with Crippen molar-refractivity contribution in [1.82, 2.24) is 15.4 Å². The van der Waals surface area contributed by atoms with Crippen LogP contribution in [0.4, 0.5) is 5.82 Å². The molecular weight excluding hydrogens is 356 g/mol. The van der Waals surface area contributed by atoms with Crippen LogP contribution in [0.5, 0.6) is 0 Å². The molecule has 0 saturated carbocycles. The van der Waals surface area contributed by atoms with Crippen molar-refractivity contribution in [2.24, 2.45) is 0 Å². The first-order valence-corrected chi connectivity index (χ1v) is 9.43. The molecule has 1 fully saturated rings. The van der Waals surface area contributed by atoms with Crippen LogP contribution >= 0.6 is 0 Å². The van der Waals surface area contributed by atoms with Gasteiger partial charge in [-0.05, 0) is 42.3 Å². The van der Waals surface area contributed by atoms with E-state index in [-0.39, 0.29) is 11.9 Å². The van der Waals surface area contributed by atoms with Gasteiger partial charge in [0.2, 0.25) is 0 Å². The van der Waals surface area contributed by atoms with Crippen LogP contribution in [-0.4, -0.2) is 41.5 Å². The molecule has 0 spiro atoms. The van der Waals surface area contributed by atoms with Crippen molar-refractivity contribution in [2.75, 3.05) is 25.0 Å². The third-order valence-electron chi connectivity index (χ3n) is 5.11. The number of hydrogen-bond donors (Lipinski definition) is 2. The number of hydrogen-bond acceptors (Lipinski definition) is 5. The second kappa shape index (κ2) is 8.22. The van der Waals surface area contributed by atoms with Gasteiger partial charge in [0.05, 0.1) is 6.04 Å². The molecule has 3 aromatic rings. The van der Waals surface area contributed by atoms with E-state index in [4.69, 9.17) is 0 Å². The van der Waals surface area contributed by atoms with Gasteiger partial charge in [-0.1, -0.05) is 47.6 Å². The maximum Gasteiger partial charge on any atom is 0.314 e. The molecule has 7 heteroatoms. The summed E-state index contributed by atoms with van der Waals surface area (Å²) >= 11 is 0. The minimum Gasteiger partial charge on any atom is -0.363 e. The number of aromatic nitrogens is 1. The number of carbonyl (C=O) groups excluding carboxylic acids is 2. The number of benzene rings is 2. The van der Waals surface area contributed by atoms with E-state index in [0.717, 1.165) is 31.5 Å². The summed E-state index contributed by atoms with van der Waals surface area (Å²) in [5.74, 6) is -1.23. The summed E-state index contributed by atoms with van der Waals surface area (Å²) in [5.41, 5.74) is 1.16. The fourth-order valence-corrected chi connectivity index (χ4v) is 3.75. The van der Waals surface area contributed by atoms with Crippen molar-refractivity contribution in [2.45, 2.75) is 18.9 Å². The number of nitrogens with one attached hydrogen (secondary N) is 2. The van der Waals surface area contributed by atoms with E-state index in [0.29, 0.717) is 6.54 Å². The average molecular weight is 378 g/mol. The lowest BCUT2D eigenvalue weighted by atomic mass is 9.97. The Morgan fingerprint density at radius 3 is 2.61 bits per heavy atom. The first-order chi connectivity index (χ1) is 13.7. The van der Waals surface area contributed by atoms with Gasteiger partial charge in [-0.2, -0.15) is 0 Å². The SMILES string of the molecule is O=C(NCC(c1cccc2ccccc12)N1CCCC1)C(=O)Nc1ccon1. The highest BCUT2D eigenvalue weighted by Gasteiger charge is 2.26. The quantitative estimate of drug-likeness (QED) is 0.667. The predicted molar refractivity (Wildman–Crippen MR) is 106 cm³/mol. The molecule has 2 heterocycles. The summed E-state index contributed by atoms with van der Waals surface area (Å²) < 4.78 is 4.66. The molecular formula is C21H22N4O3. The van der Waals surface area contributed by atoms with Crippen LogP contribution in [0.3, 0.4) is 0 Å². The third kappa shape index (κ3) is 3.89. The zero-order valence-electron chi connectivity index (χ0n) is 15.4. The zero-order valence-corrected chi connectivity index (χ0v) is 15.4. The molecule has 7 nitrogen and oxygen atoms in total. The van der Waals surface area contributed by atoms with Crippen LogP contribution in [0.15, 0.2) is 59.3 Å². The van der Waals surface area contributed by atoms with Crippen LogP contribution in [0.1, 0.15) is 24.4 Å². The second-order valence-corrected chi connectivity index (χ2v) is 6.88. The Balaban J connectivity index is 1.52. The molecule has 0 bridgehead atoms. The lowest BCUT2D eigenvalue weighted by molar-refractivity contribution is -0.136. The standard InChI is InChI=1S/C21H22N4O3/c26-20(21(27)23-19-10-13-28-24-19)22-14-18(25-11-3-4-12-25)17-9-5-7-15-6-1-2-8-16(15)17/h1-2,5-10,13,18H,3-4,11-12,14H2,(H,22,26)(H,23,24,27). The predicted octanol–water partition coefficient (Wildman–Crippen LogP) is 2.72. The number of rotatable bonds is 5. The van der Waals surface area contributed by atoms with E-state index in [1.807, 2.05) is 18.2 Å². The summed E-state index contributed by atoms with van der Waals surface area (Å²) in [5, 5.41) is 11.1. The van der Waals surface area contributed by atoms with E-state index in [9.17, 15) is 9.59 Å². The summed E-state index contributed by atoms with van der Waals surface area (Å²) in [6.07, 6.45) is 3.61. The van der Waals surface area contributed by atoms with Gasteiger partial charge in [0.1, 0.15) is 6.26 Å². The summed E-state index contributed by atoms with van der Waals surface area (Å²) in [6, 6.07) is 16.0. The van der Waals surface area contributed by atoms with Crippen LogP contribution in [0.25, 0.3) is 10.8 Å². The van der Waals surface area contributed by atoms with Gasteiger partial charge in [0.25, 0.3) is 0 Å².